The molecule has 1 fully saturated rings. The zero-order valence-electron chi connectivity index (χ0n) is 14.8. The van der Waals surface area contributed by atoms with Gasteiger partial charge in [-0.2, -0.15) is 26.3 Å². The number of thiocarbonyl (C=S) groups is 1. The second kappa shape index (κ2) is 8.01. The lowest BCUT2D eigenvalue weighted by molar-refractivity contribution is -0.141. The van der Waals surface area contributed by atoms with Crippen LogP contribution in [0.15, 0.2) is 36.5 Å². The predicted molar refractivity (Wildman–Crippen MR) is 98.5 cm³/mol. The Morgan fingerprint density at radius 2 is 1.59 bits per heavy atom. The van der Waals surface area contributed by atoms with Gasteiger partial charge in [0.25, 0.3) is 0 Å². The molecule has 2 heterocycles. The lowest BCUT2D eigenvalue weighted by atomic mass is 10.1. The number of anilines is 2. The van der Waals surface area contributed by atoms with Crippen LogP contribution in [0.1, 0.15) is 11.3 Å². The molecule has 1 N–H and O–H groups in total. The Morgan fingerprint density at radius 1 is 0.931 bits per heavy atom. The van der Waals surface area contributed by atoms with Crippen molar-refractivity contribution in [2.75, 3.05) is 36.4 Å². The van der Waals surface area contributed by atoms with Gasteiger partial charge in [-0.05, 0) is 30.4 Å². The van der Waals surface area contributed by atoms with E-state index in [-0.39, 0.29) is 29.8 Å². The van der Waals surface area contributed by atoms with Crippen LogP contribution in [0, 0.1) is 0 Å². The van der Waals surface area contributed by atoms with E-state index in [0.29, 0.717) is 13.1 Å². The summed E-state index contributed by atoms with van der Waals surface area (Å²) >= 11 is 5.21. The van der Waals surface area contributed by atoms with Gasteiger partial charge in [0.05, 0.1) is 11.3 Å². The molecular weight excluding hydrogens is 420 g/mol. The van der Waals surface area contributed by atoms with Crippen molar-refractivity contribution in [3.05, 3.63) is 47.8 Å². The summed E-state index contributed by atoms with van der Waals surface area (Å²) in [7, 11) is 0. The Balaban J connectivity index is 1.64. The van der Waals surface area contributed by atoms with E-state index in [9.17, 15) is 26.3 Å². The van der Waals surface area contributed by atoms with Gasteiger partial charge in [0.15, 0.2) is 5.11 Å². The largest absolute Gasteiger partial charge is 0.433 e. The Labute approximate surface area is 167 Å². The van der Waals surface area contributed by atoms with Crippen molar-refractivity contribution in [3.8, 4) is 0 Å². The van der Waals surface area contributed by atoms with Crippen molar-refractivity contribution in [2.45, 2.75) is 12.4 Å². The summed E-state index contributed by atoms with van der Waals surface area (Å²) in [6.07, 6.45) is -8.06. The van der Waals surface area contributed by atoms with Crippen molar-refractivity contribution in [1.82, 2.24) is 14.9 Å². The number of aromatic nitrogens is 2. The second-order valence-corrected chi connectivity index (χ2v) is 6.57. The Morgan fingerprint density at radius 3 is 2.21 bits per heavy atom. The minimum Gasteiger partial charge on any atom is -0.345 e. The third-order valence-corrected chi connectivity index (χ3v) is 4.62. The van der Waals surface area contributed by atoms with Crippen LogP contribution in [0.2, 0.25) is 0 Å². The number of piperazine rings is 1. The van der Waals surface area contributed by atoms with E-state index in [1.54, 1.807) is 9.80 Å². The highest BCUT2D eigenvalue weighted by Gasteiger charge is 2.35. The van der Waals surface area contributed by atoms with Crippen LogP contribution in [0.4, 0.5) is 38.0 Å². The Bertz CT molecular complexity index is 877. The average molecular weight is 435 g/mol. The third kappa shape index (κ3) is 5.05. The number of hydrogen-bond acceptors (Lipinski definition) is 4. The molecule has 156 valence electrons. The molecule has 0 spiro atoms. The number of hydrogen-bond donors (Lipinski definition) is 1. The molecule has 1 aromatic heterocycles. The number of nitrogens with zero attached hydrogens (tertiary/aromatic N) is 4. The molecule has 29 heavy (non-hydrogen) atoms. The van der Waals surface area contributed by atoms with Gasteiger partial charge >= 0.3 is 12.4 Å². The minimum atomic E-state index is -4.57. The van der Waals surface area contributed by atoms with Gasteiger partial charge in [-0.3, -0.25) is 0 Å². The molecule has 1 aliphatic rings. The van der Waals surface area contributed by atoms with Crippen molar-refractivity contribution >= 4 is 29.0 Å². The number of halogens is 6. The molecule has 5 nitrogen and oxygen atoms in total. The van der Waals surface area contributed by atoms with Crippen LogP contribution < -0.4 is 10.2 Å². The van der Waals surface area contributed by atoms with E-state index in [1.165, 1.54) is 18.2 Å². The molecule has 3 rings (SSSR count). The molecule has 0 amide bonds. The Kier molecular flexibility index (Phi) is 5.82. The zero-order valence-corrected chi connectivity index (χ0v) is 15.6. The van der Waals surface area contributed by atoms with Gasteiger partial charge in [-0.1, -0.05) is 12.1 Å². The van der Waals surface area contributed by atoms with Gasteiger partial charge in [0.1, 0.15) is 5.69 Å². The first-order chi connectivity index (χ1) is 13.6. The van der Waals surface area contributed by atoms with Gasteiger partial charge in [0.2, 0.25) is 5.95 Å². The minimum absolute atomic E-state index is 0.0548. The lowest BCUT2D eigenvalue weighted by Gasteiger charge is -2.36. The Hall–Kier alpha value is -2.63. The summed E-state index contributed by atoms with van der Waals surface area (Å²) in [4.78, 5) is 10.6. The normalized spacial score (nSPS) is 15.4. The van der Waals surface area contributed by atoms with Crippen LogP contribution in [0.5, 0.6) is 0 Å². The highest BCUT2D eigenvalue weighted by Crippen LogP contribution is 2.34. The summed E-state index contributed by atoms with van der Waals surface area (Å²) in [5.74, 6) is -0.0548. The monoisotopic (exact) mass is 435 g/mol. The van der Waals surface area contributed by atoms with Crippen molar-refractivity contribution < 1.29 is 26.3 Å². The molecule has 0 saturated carbocycles. The highest BCUT2D eigenvalue weighted by molar-refractivity contribution is 7.80. The van der Waals surface area contributed by atoms with Crippen LogP contribution in [-0.4, -0.2) is 46.2 Å². The molecule has 0 atom stereocenters. The first-order valence-corrected chi connectivity index (χ1v) is 8.84. The summed E-state index contributed by atoms with van der Waals surface area (Å²) in [6, 6.07) is 5.76. The maximum absolute atomic E-state index is 13.1. The van der Waals surface area contributed by atoms with Crippen LogP contribution >= 0.6 is 12.2 Å². The van der Waals surface area contributed by atoms with Gasteiger partial charge in [-0.25, -0.2) is 9.97 Å². The topological polar surface area (TPSA) is 44.3 Å². The molecule has 1 aliphatic heterocycles. The molecule has 0 radical (unpaired) electrons. The molecule has 1 aromatic carbocycles. The first kappa shape index (κ1) is 21.1. The van der Waals surface area contributed by atoms with Gasteiger partial charge < -0.3 is 15.1 Å². The van der Waals surface area contributed by atoms with E-state index in [0.717, 1.165) is 18.3 Å². The van der Waals surface area contributed by atoms with Crippen LogP contribution in [0.25, 0.3) is 0 Å². The molecular formula is C17H15F6N5S. The molecule has 2 aromatic rings. The number of rotatable bonds is 2. The fourth-order valence-corrected chi connectivity index (χ4v) is 3.09. The van der Waals surface area contributed by atoms with Crippen LogP contribution in [-0.2, 0) is 12.4 Å². The fraction of sp³-hybridized carbons (Fsp3) is 0.353. The summed E-state index contributed by atoms with van der Waals surface area (Å²) in [5, 5.41) is 2.71. The summed E-state index contributed by atoms with van der Waals surface area (Å²) in [6.45, 7) is 1.12. The molecule has 0 bridgehead atoms. The van der Waals surface area contributed by atoms with Crippen molar-refractivity contribution in [2.24, 2.45) is 0 Å². The standard InChI is InChI=1S/C17H15F6N5S/c18-16(19,20)11-3-1-2-4-12(11)25-15(29)28-9-7-27(8-10-28)14-24-6-5-13(26-14)17(21,22)23/h1-6H,7-10H2,(H,25,29). The zero-order chi connectivity index (χ0) is 21.2. The van der Waals surface area contributed by atoms with E-state index in [4.69, 9.17) is 12.2 Å². The summed E-state index contributed by atoms with van der Waals surface area (Å²) < 4.78 is 77.7. The average Bonchev–Trinajstić information content (AvgIpc) is 2.67. The SMILES string of the molecule is FC(F)(F)c1ccnc(N2CCN(C(=S)Nc3ccccc3C(F)(F)F)CC2)n1. The molecule has 0 unspecified atom stereocenters. The molecule has 0 aliphatic carbocycles. The third-order valence-electron chi connectivity index (χ3n) is 4.26. The molecule has 12 heteroatoms. The van der Waals surface area contributed by atoms with E-state index >= 15 is 0 Å². The highest BCUT2D eigenvalue weighted by atomic mass is 32.1. The van der Waals surface area contributed by atoms with Crippen molar-refractivity contribution in [1.29, 1.82) is 0 Å². The lowest BCUT2D eigenvalue weighted by Crippen LogP contribution is -2.50. The maximum Gasteiger partial charge on any atom is 0.433 e. The number of alkyl halides is 6. The van der Waals surface area contributed by atoms with E-state index in [1.807, 2.05) is 0 Å². The quantitative estimate of drug-likeness (QED) is 0.568. The number of nitrogens with one attached hydrogen (secondary N) is 1. The first-order valence-electron chi connectivity index (χ1n) is 8.43. The number of para-hydroxylation sites is 1. The number of benzene rings is 1. The fourth-order valence-electron chi connectivity index (χ4n) is 2.80. The maximum atomic E-state index is 13.1. The van der Waals surface area contributed by atoms with E-state index < -0.39 is 23.6 Å². The van der Waals surface area contributed by atoms with Gasteiger partial charge in [-0.15, -0.1) is 0 Å². The van der Waals surface area contributed by atoms with Crippen LogP contribution in [0.3, 0.4) is 0 Å². The van der Waals surface area contributed by atoms with Crippen molar-refractivity contribution in [3.63, 3.8) is 0 Å². The predicted octanol–water partition coefficient (Wildman–Crippen LogP) is 4.03. The molecule has 1 saturated heterocycles. The second-order valence-electron chi connectivity index (χ2n) is 6.19. The summed E-state index contributed by atoms with van der Waals surface area (Å²) in [5.41, 5.74) is -2.03. The smallest absolute Gasteiger partial charge is 0.345 e. The van der Waals surface area contributed by atoms with Gasteiger partial charge in [0, 0.05) is 32.4 Å². The van der Waals surface area contributed by atoms with E-state index in [2.05, 4.69) is 15.3 Å².